The molecule has 2 N–H and O–H groups in total. The average molecular weight is 341 g/mol. The van der Waals surface area contributed by atoms with Crippen LogP contribution in [0.3, 0.4) is 0 Å². The van der Waals surface area contributed by atoms with Gasteiger partial charge in [-0.05, 0) is 44.4 Å². The van der Waals surface area contributed by atoms with Crippen LogP contribution in [0.25, 0.3) is 0 Å². The van der Waals surface area contributed by atoms with E-state index in [0.29, 0.717) is 13.1 Å². The lowest BCUT2D eigenvalue weighted by Crippen LogP contribution is -2.51. The third-order valence-corrected chi connectivity index (χ3v) is 4.21. The van der Waals surface area contributed by atoms with Crippen molar-refractivity contribution in [2.45, 2.75) is 44.9 Å². The number of hydrogen-bond donors (Lipinski definition) is 2. The lowest BCUT2D eigenvalue weighted by atomic mass is 9.97. The van der Waals surface area contributed by atoms with Crippen LogP contribution in [0.15, 0.2) is 28.7 Å². The molecule has 2 rings (SSSR count). The molecule has 2 amide bonds. The number of halogens is 1. The van der Waals surface area contributed by atoms with Crippen LogP contribution in [-0.2, 0) is 6.54 Å². The molecule has 1 aromatic rings. The fourth-order valence-corrected chi connectivity index (χ4v) is 2.89. The highest BCUT2D eigenvalue weighted by molar-refractivity contribution is 9.10. The predicted molar refractivity (Wildman–Crippen MR) is 82.4 cm³/mol. The molecule has 0 spiro atoms. The molecule has 1 aliphatic rings. The second-order valence-electron chi connectivity index (χ2n) is 5.79. The minimum atomic E-state index is -0.856. The molecular formula is C15H21BrN2O2. The summed E-state index contributed by atoms with van der Waals surface area (Å²) in [5.74, 6) is 0. The lowest BCUT2D eigenvalue weighted by molar-refractivity contribution is 0.00979. The molecule has 0 saturated carbocycles. The van der Waals surface area contributed by atoms with Gasteiger partial charge < -0.3 is 15.3 Å². The van der Waals surface area contributed by atoms with Crippen molar-refractivity contribution in [2.24, 2.45) is 0 Å². The summed E-state index contributed by atoms with van der Waals surface area (Å²) in [4.78, 5) is 14.0. The Bertz CT molecular complexity index is 468. The van der Waals surface area contributed by atoms with E-state index in [4.69, 9.17) is 0 Å². The van der Waals surface area contributed by atoms with Crippen molar-refractivity contribution in [1.29, 1.82) is 0 Å². The molecule has 0 aromatic heterocycles. The minimum Gasteiger partial charge on any atom is -0.388 e. The zero-order chi connectivity index (χ0) is 14.8. The summed E-state index contributed by atoms with van der Waals surface area (Å²) in [6.45, 7) is 4.73. The molecule has 0 aliphatic carbocycles. The predicted octanol–water partition coefficient (Wildman–Crippen LogP) is 2.89. The van der Waals surface area contributed by atoms with Crippen molar-refractivity contribution >= 4 is 22.0 Å². The van der Waals surface area contributed by atoms with Crippen LogP contribution < -0.4 is 5.32 Å². The molecule has 0 radical (unpaired) electrons. The van der Waals surface area contributed by atoms with Gasteiger partial charge in [-0.15, -0.1) is 0 Å². The molecule has 0 unspecified atom stereocenters. The summed E-state index contributed by atoms with van der Waals surface area (Å²) >= 11 is 3.39. The van der Waals surface area contributed by atoms with Gasteiger partial charge in [0.15, 0.2) is 0 Å². The van der Waals surface area contributed by atoms with Gasteiger partial charge in [0.1, 0.15) is 0 Å². The Hall–Kier alpha value is -1.07. The summed E-state index contributed by atoms with van der Waals surface area (Å²) in [6, 6.07) is 7.65. The highest BCUT2D eigenvalue weighted by Crippen LogP contribution is 2.26. The molecule has 1 atom stereocenters. The maximum Gasteiger partial charge on any atom is 0.318 e. The number of carbonyl (C=O) groups is 1. The second-order valence-corrected chi connectivity index (χ2v) is 6.71. The van der Waals surface area contributed by atoms with Gasteiger partial charge >= 0.3 is 6.03 Å². The van der Waals surface area contributed by atoms with Crippen LogP contribution in [0.1, 0.15) is 32.3 Å². The average Bonchev–Trinajstić information content (AvgIpc) is 2.87. The van der Waals surface area contributed by atoms with E-state index in [9.17, 15) is 9.90 Å². The van der Waals surface area contributed by atoms with Crippen molar-refractivity contribution in [3.8, 4) is 0 Å². The van der Waals surface area contributed by atoms with Gasteiger partial charge in [-0.1, -0.05) is 28.1 Å². The highest BCUT2D eigenvalue weighted by atomic mass is 79.9. The molecular weight excluding hydrogens is 320 g/mol. The zero-order valence-electron chi connectivity index (χ0n) is 11.9. The Morgan fingerprint density at radius 1 is 1.45 bits per heavy atom. The molecule has 1 saturated heterocycles. The second kappa shape index (κ2) is 6.14. The van der Waals surface area contributed by atoms with Gasteiger partial charge in [-0.3, -0.25) is 0 Å². The van der Waals surface area contributed by atoms with Gasteiger partial charge in [0.25, 0.3) is 0 Å². The molecule has 4 nitrogen and oxygen atoms in total. The summed E-state index contributed by atoms with van der Waals surface area (Å²) in [7, 11) is 0. The first-order valence-corrected chi connectivity index (χ1v) is 7.68. The van der Waals surface area contributed by atoms with Crippen molar-refractivity contribution in [3.05, 3.63) is 34.3 Å². The van der Waals surface area contributed by atoms with Crippen LogP contribution in [0.5, 0.6) is 0 Å². The molecule has 0 bridgehead atoms. The normalized spacial score (nSPS) is 19.2. The number of aliphatic hydroxyl groups is 1. The number of likely N-dealkylation sites (tertiary alicyclic amines) is 1. The van der Waals surface area contributed by atoms with E-state index in [-0.39, 0.29) is 12.1 Å². The Morgan fingerprint density at radius 2 is 2.10 bits per heavy atom. The topological polar surface area (TPSA) is 52.6 Å². The van der Waals surface area contributed by atoms with E-state index in [1.807, 2.05) is 24.3 Å². The number of amides is 2. The Morgan fingerprint density at radius 3 is 2.70 bits per heavy atom. The van der Waals surface area contributed by atoms with Crippen LogP contribution >= 0.6 is 15.9 Å². The van der Waals surface area contributed by atoms with E-state index in [1.54, 1.807) is 18.7 Å². The fraction of sp³-hybridized carbons (Fsp3) is 0.533. The van der Waals surface area contributed by atoms with Crippen molar-refractivity contribution in [2.75, 3.05) is 6.54 Å². The van der Waals surface area contributed by atoms with E-state index < -0.39 is 5.60 Å². The molecule has 110 valence electrons. The third-order valence-electron chi connectivity index (χ3n) is 3.69. The Labute approximate surface area is 128 Å². The van der Waals surface area contributed by atoms with Gasteiger partial charge in [-0.25, -0.2) is 4.79 Å². The van der Waals surface area contributed by atoms with Crippen LogP contribution in [0.2, 0.25) is 0 Å². The molecule has 5 heteroatoms. The largest absolute Gasteiger partial charge is 0.388 e. The van der Waals surface area contributed by atoms with Crippen molar-refractivity contribution < 1.29 is 9.90 Å². The first kappa shape index (κ1) is 15.3. The van der Waals surface area contributed by atoms with Crippen LogP contribution in [-0.4, -0.2) is 34.2 Å². The first-order chi connectivity index (χ1) is 9.38. The third kappa shape index (κ3) is 3.73. The van der Waals surface area contributed by atoms with Crippen LogP contribution in [0, 0.1) is 0 Å². The quantitative estimate of drug-likeness (QED) is 0.888. The van der Waals surface area contributed by atoms with Gasteiger partial charge in [0, 0.05) is 17.6 Å². The molecule has 1 aliphatic heterocycles. The van der Waals surface area contributed by atoms with Gasteiger partial charge in [0.2, 0.25) is 0 Å². The van der Waals surface area contributed by atoms with Crippen LogP contribution in [0.4, 0.5) is 4.79 Å². The smallest absolute Gasteiger partial charge is 0.318 e. The molecule has 20 heavy (non-hydrogen) atoms. The maximum absolute atomic E-state index is 12.2. The summed E-state index contributed by atoms with van der Waals surface area (Å²) in [5, 5.41) is 13.0. The number of nitrogens with one attached hydrogen (secondary N) is 1. The fourth-order valence-electron chi connectivity index (χ4n) is 2.63. The molecule has 1 aromatic carbocycles. The number of hydrogen-bond acceptors (Lipinski definition) is 2. The summed E-state index contributed by atoms with van der Waals surface area (Å²) in [5.41, 5.74) is 0.200. The van der Waals surface area contributed by atoms with Crippen molar-refractivity contribution in [3.63, 3.8) is 0 Å². The minimum absolute atomic E-state index is 0.0995. The van der Waals surface area contributed by atoms with Crippen molar-refractivity contribution in [1.82, 2.24) is 10.2 Å². The SMILES string of the molecule is CC(C)(O)[C@@H]1CCCN1C(=O)NCc1ccc(Br)cc1. The van der Waals surface area contributed by atoms with E-state index in [1.165, 1.54) is 0 Å². The summed E-state index contributed by atoms with van der Waals surface area (Å²) in [6.07, 6.45) is 1.80. The maximum atomic E-state index is 12.2. The monoisotopic (exact) mass is 340 g/mol. The van der Waals surface area contributed by atoms with E-state index in [0.717, 1.165) is 22.9 Å². The molecule has 1 fully saturated rings. The number of urea groups is 1. The first-order valence-electron chi connectivity index (χ1n) is 6.89. The number of nitrogens with zero attached hydrogens (tertiary/aromatic N) is 1. The van der Waals surface area contributed by atoms with Gasteiger partial charge in [-0.2, -0.15) is 0 Å². The number of benzene rings is 1. The lowest BCUT2D eigenvalue weighted by Gasteiger charge is -2.33. The molecule has 1 heterocycles. The Kier molecular flexibility index (Phi) is 4.70. The number of rotatable bonds is 3. The van der Waals surface area contributed by atoms with Gasteiger partial charge in [0.05, 0.1) is 11.6 Å². The Balaban J connectivity index is 1.93. The number of carbonyl (C=O) groups excluding carboxylic acids is 1. The highest BCUT2D eigenvalue weighted by Gasteiger charge is 2.38. The zero-order valence-corrected chi connectivity index (χ0v) is 13.5. The van der Waals surface area contributed by atoms with E-state index in [2.05, 4.69) is 21.2 Å². The van der Waals surface area contributed by atoms with E-state index >= 15 is 0 Å². The summed E-state index contributed by atoms with van der Waals surface area (Å²) < 4.78 is 1.02. The standard InChI is InChI=1S/C15H21BrN2O2/c1-15(2,20)13-4-3-9-18(13)14(19)17-10-11-5-7-12(16)8-6-11/h5-8,13,20H,3-4,9-10H2,1-2H3,(H,17,19)/t13-/m0/s1.